The summed E-state index contributed by atoms with van der Waals surface area (Å²) in [4.78, 5) is 14.3. The maximum absolute atomic E-state index is 13.0. The summed E-state index contributed by atoms with van der Waals surface area (Å²) in [5.41, 5.74) is -0.0809. The van der Waals surface area contributed by atoms with Crippen LogP contribution in [-0.4, -0.2) is 80.3 Å². The van der Waals surface area contributed by atoms with Crippen LogP contribution in [0.15, 0.2) is 0 Å². The highest BCUT2D eigenvalue weighted by Crippen LogP contribution is 2.40. The maximum atomic E-state index is 13.0. The fourth-order valence-corrected chi connectivity index (χ4v) is 6.09. The Morgan fingerprint density at radius 3 is 2.50 bits per heavy atom. The predicted molar refractivity (Wildman–Crippen MR) is 99.8 cm³/mol. The lowest BCUT2D eigenvalue weighted by molar-refractivity contribution is -0.138. The Morgan fingerprint density at radius 2 is 1.81 bits per heavy atom. The standard InChI is InChI=1S/C18H33N3O4S/c1-16(2)5-9-19-14-18(7-4-17(19)22)6-3-8-21(15-18)26(23,24)20-10-12-25-13-11-20/h16H,3-15H2,1-2H3/t18-/m1/s1. The van der Waals surface area contributed by atoms with Gasteiger partial charge in [-0.2, -0.15) is 17.0 Å². The van der Waals surface area contributed by atoms with Gasteiger partial charge in [0.15, 0.2) is 0 Å². The zero-order chi connectivity index (χ0) is 18.8. The molecule has 1 spiro atoms. The first-order valence-electron chi connectivity index (χ1n) is 9.93. The van der Waals surface area contributed by atoms with Crippen LogP contribution < -0.4 is 0 Å². The average Bonchev–Trinajstić information content (AvgIpc) is 2.63. The van der Waals surface area contributed by atoms with E-state index < -0.39 is 10.2 Å². The van der Waals surface area contributed by atoms with Crippen molar-refractivity contribution in [1.29, 1.82) is 0 Å². The maximum Gasteiger partial charge on any atom is 0.282 e. The number of carbonyl (C=O) groups is 1. The lowest BCUT2D eigenvalue weighted by Gasteiger charge is -2.48. The number of likely N-dealkylation sites (tertiary alicyclic amines) is 1. The Labute approximate surface area is 157 Å². The molecule has 3 saturated heterocycles. The molecule has 3 rings (SSSR count). The van der Waals surface area contributed by atoms with E-state index in [2.05, 4.69) is 13.8 Å². The fraction of sp³-hybridized carbons (Fsp3) is 0.944. The van der Waals surface area contributed by atoms with E-state index >= 15 is 0 Å². The Bertz CT molecular complexity index is 604. The highest BCUT2D eigenvalue weighted by Gasteiger charge is 2.45. The van der Waals surface area contributed by atoms with Crippen molar-refractivity contribution in [1.82, 2.24) is 13.5 Å². The molecule has 26 heavy (non-hydrogen) atoms. The van der Waals surface area contributed by atoms with E-state index in [0.717, 1.165) is 32.2 Å². The Balaban J connectivity index is 1.69. The van der Waals surface area contributed by atoms with Crippen LogP contribution in [0.1, 0.15) is 46.0 Å². The van der Waals surface area contributed by atoms with Crippen LogP contribution in [0.4, 0.5) is 0 Å². The molecule has 1 atom stereocenters. The fourth-order valence-electron chi connectivity index (χ4n) is 4.35. The summed E-state index contributed by atoms with van der Waals surface area (Å²) in [7, 11) is -3.43. The summed E-state index contributed by atoms with van der Waals surface area (Å²) in [6.45, 7) is 8.76. The van der Waals surface area contributed by atoms with Gasteiger partial charge < -0.3 is 9.64 Å². The van der Waals surface area contributed by atoms with Crippen LogP contribution in [0.5, 0.6) is 0 Å². The number of ether oxygens (including phenoxy) is 1. The summed E-state index contributed by atoms with van der Waals surface area (Å²) in [5.74, 6) is 0.787. The van der Waals surface area contributed by atoms with Gasteiger partial charge in [0.05, 0.1) is 13.2 Å². The lowest BCUT2D eigenvalue weighted by Crippen LogP contribution is -2.58. The highest BCUT2D eigenvalue weighted by molar-refractivity contribution is 7.86. The Kier molecular flexibility index (Phi) is 6.26. The van der Waals surface area contributed by atoms with E-state index in [-0.39, 0.29) is 11.3 Å². The quantitative estimate of drug-likeness (QED) is 0.713. The molecular formula is C18H33N3O4S. The molecule has 3 heterocycles. The molecular weight excluding hydrogens is 354 g/mol. The number of piperidine rings is 2. The zero-order valence-corrected chi connectivity index (χ0v) is 17.0. The number of carbonyl (C=O) groups excluding carboxylic acids is 1. The molecule has 8 heteroatoms. The smallest absolute Gasteiger partial charge is 0.282 e. The van der Waals surface area contributed by atoms with Gasteiger partial charge in [-0.25, -0.2) is 0 Å². The number of morpholine rings is 1. The molecule has 0 aromatic rings. The van der Waals surface area contributed by atoms with Crippen LogP contribution >= 0.6 is 0 Å². The molecule has 0 bridgehead atoms. The molecule has 0 saturated carbocycles. The largest absolute Gasteiger partial charge is 0.379 e. The second-order valence-electron chi connectivity index (χ2n) is 8.45. The van der Waals surface area contributed by atoms with Crippen molar-refractivity contribution in [3.63, 3.8) is 0 Å². The van der Waals surface area contributed by atoms with Crippen LogP contribution in [-0.2, 0) is 19.7 Å². The van der Waals surface area contributed by atoms with Gasteiger partial charge in [-0.15, -0.1) is 0 Å². The molecule has 3 aliphatic rings. The number of amides is 1. The van der Waals surface area contributed by atoms with E-state index in [1.807, 2.05) is 4.90 Å². The average molecular weight is 388 g/mol. The van der Waals surface area contributed by atoms with Gasteiger partial charge in [-0.05, 0) is 31.6 Å². The predicted octanol–water partition coefficient (Wildman–Crippen LogP) is 1.31. The summed E-state index contributed by atoms with van der Waals surface area (Å²) in [6, 6.07) is 0. The van der Waals surface area contributed by atoms with Crippen molar-refractivity contribution in [2.24, 2.45) is 11.3 Å². The molecule has 150 valence electrons. The molecule has 3 aliphatic heterocycles. The summed E-state index contributed by atoms with van der Waals surface area (Å²) >= 11 is 0. The topological polar surface area (TPSA) is 70.2 Å². The molecule has 3 fully saturated rings. The highest BCUT2D eigenvalue weighted by atomic mass is 32.2. The molecule has 1 amide bonds. The van der Waals surface area contributed by atoms with Crippen LogP contribution in [0, 0.1) is 11.3 Å². The van der Waals surface area contributed by atoms with Gasteiger partial charge in [0.25, 0.3) is 10.2 Å². The second-order valence-corrected chi connectivity index (χ2v) is 10.4. The third-order valence-corrected chi connectivity index (χ3v) is 7.96. The normalized spacial score (nSPS) is 29.7. The SMILES string of the molecule is CC(C)CCN1C[C@@]2(CCCN(S(=O)(=O)N3CCOCC3)C2)CCC1=O. The zero-order valence-electron chi connectivity index (χ0n) is 16.2. The molecule has 7 nitrogen and oxygen atoms in total. The van der Waals surface area contributed by atoms with Gasteiger partial charge >= 0.3 is 0 Å². The Morgan fingerprint density at radius 1 is 1.08 bits per heavy atom. The van der Waals surface area contributed by atoms with Crippen molar-refractivity contribution in [2.75, 3.05) is 52.5 Å². The van der Waals surface area contributed by atoms with Gasteiger partial charge in [-0.3, -0.25) is 4.79 Å². The molecule has 0 aliphatic carbocycles. The monoisotopic (exact) mass is 387 g/mol. The minimum absolute atomic E-state index is 0.0809. The van der Waals surface area contributed by atoms with Gasteiger partial charge in [0.2, 0.25) is 5.91 Å². The third kappa shape index (κ3) is 4.40. The first-order chi connectivity index (χ1) is 12.3. The van der Waals surface area contributed by atoms with Crippen molar-refractivity contribution < 1.29 is 17.9 Å². The Hall–Kier alpha value is -0.700. The minimum Gasteiger partial charge on any atom is -0.379 e. The van der Waals surface area contributed by atoms with Crippen LogP contribution in [0.25, 0.3) is 0 Å². The van der Waals surface area contributed by atoms with E-state index in [1.54, 1.807) is 8.61 Å². The number of hydrogen-bond acceptors (Lipinski definition) is 4. The van der Waals surface area contributed by atoms with E-state index in [0.29, 0.717) is 58.3 Å². The van der Waals surface area contributed by atoms with Gasteiger partial charge in [-0.1, -0.05) is 13.8 Å². The summed E-state index contributed by atoms with van der Waals surface area (Å²) in [6.07, 6.45) is 4.23. The van der Waals surface area contributed by atoms with Gasteiger partial charge in [0.1, 0.15) is 0 Å². The lowest BCUT2D eigenvalue weighted by atomic mass is 9.74. The minimum atomic E-state index is -3.43. The number of rotatable bonds is 5. The van der Waals surface area contributed by atoms with Crippen LogP contribution in [0.3, 0.4) is 0 Å². The number of nitrogens with zero attached hydrogens (tertiary/aromatic N) is 3. The first kappa shape index (κ1) is 20.0. The van der Waals surface area contributed by atoms with Crippen molar-refractivity contribution in [3.8, 4) is 0 Å². The van der Waals surface area contributed by atoms with Gasteiger partial charge in [0, 0.05) is 51.1 Å². The van der Waals surface area contributed by atoms with E-state index in [1.165, 1.54) is 0 Å². The molecule has 0 radical (unpaired) electrons. The van der Waals surface area contributed by atoms with Crippen molar-refractivity contribution >= 4 is 16.1 Å². The molecule has 0 aromatic heterocycles. The summed E-state index contributed by atoms with van der Waals surface area (Å²) < 4.78 is 34.6. The second kappa shape index (κ2) is 8.12. The number of hydrogen-bond donors (Lipinski definition) is 0. The molecule has 0 N–H and O–H groups in total. The van der Waals surface area contributed by atoms with E-state index in [4.69, 9.17) is 4.74 Å². The first-order valence-corrected chi connectivity index (χ1v) is 11.3. The van der Waals surface area contributed by atoms with Crippen molar-refractivity contribution in [3.05, 3.63) is 0 Å². The molecule has 0 unspecified atom stereocenters. The van der Waals surface area contributed by atoms with E-state index in [9.17, 15) is 13.2 Å². The van der Waals surface area contributed by atoms with Crippen molar-refractivity contribution in [2.45, 2.75) is 46.0 Å². The third-order valence-electron chi connectivity index (χ3n) is 5.97. The summed E-state index contributed by atoms with van der Waals surface area (Å²) in [5, 5.41) is 0. The van der Waals surface area contributed by atoms with Crippen LogP contribution in [0.2, 0.25) is 0 Å². The molecule has 0 aromatic carbocycles.